The molecular formula is C18H18F3NO3. The van der Waals surface area contributed by atoms with Gasteiger partial charge >= 0.3 is 12.1 Å². The molecule has 4 nitrogen and oxygen atoms in total. The van der Waals surface area contributed by atoms with Crippen molar-refractivity contribution in [2.45, 2.75) is 18.2 Å². The number of hydrogen-bond acceptors (Lipinski definition) is 4. The first-order chi connectivity index (χ1) is 11.8. The summed E-state index contributed by atoms with van der Waals surface area (Å²) < 4.78 is 43.6. The number of hydrogen-bond donors (Lipinski definition) is 2. The summed E-state index contributed by atoms with van der Waals surface area (Å²) in [4.78, 5) is 11.5. The largest absolute Gasteiger partial charge is 0.466 e. The van der Waals surface area contributed by atoms with Crippen LogP contribution < -0.4 is 5.32 Å². The number of anilines is 1. The standard InChI is InChI=1S/C18H18F3NO3/c1-25-16(23)17(24,18(19,20)21)14-7-9-15(10-8-14)22-12-11-13-5-3-2-4-6-13/h2-10,22,24H,11-12H2,1H3. The molecular weight excluding hydrogens is 335 g/mol. The number of rotatable bonds is 6. The van der Waals surface area contributed by atoms with Crippen molar-refractivity contribution in [3.05, 3.63) is 65.7 Å². The number of ether oxygens (including phenoxy) is 1. The molecule has 2 rings (SSSR count). The third-order valence-electron chi connectivity index (χ3n) is 3.78. The lowest BCUT2D eigenvalue weighted by Crippen LogP contribution is -2.49. The fourth-order valence-corrected chi connectivity index (χ4v) is 2.37. The number of esters is 1. The van der Waals surface area contributed by atoms with Crippen molar-refractivity contribution in [1.29, 1.82) is 0 Å². The lowest BCUT2D eigenvalue weighted by atomic mass is 9.93. The third-order valence-corrected chi connectivity index (χ3v) is 3.78. The van der Waals surface area contributed by atoms with Crippen LogP contribution in [0.1, 0.15) is 11.1 Å². The van der Waals surface area contributed by atoms with Crippen LogP contribution in [0.3, 0.4) is 0 Å². The van der Waals surface area contributed by atoms with E-state index in [0.29, 0.717) is 12.2 Å². The van der Waals surface area contributed by atoms with E-state index in [4.69, 9.17) is 0 Å². The van der Waals surface area contributed by atoms with Gasteiger partial charge in [-0.2, -0.15) is 13.2 Å². The number of halogens is 3. The van der Waals surface area contributed by atoms with Gasteiger partial charge < -0.3 is 15.2 Å². The summed E-state index contributed by atoms with van der Waals surface area (Å²) in [5.41, 5.74) is -2.58. The molecule has 0 aromatic heterocycles. The van der Waals surface area contributed by atoms with Gasteiger partial charge in [-0.3, -0.25) is 0 Å². The van der Waals surface area contributed by atoms with E-state index < -0.39 is 23.3 Å². The SMILES string of the molecule is COC(=O)C(O)(c1ccc(NCCc2ccccc2)cc1)C(F)(F)F. The van der Waals surface area contributed by atoms with E-state index in [2.05, 4.69) is 10.1 Å². The molecule has 0 aliphatic rings. The summed E-state index contributed by atoms with van der Waals surface area (Å²) in [5.74, 6) is -1.77. The average Bonchev–Trinajstić information content (AvgIpc) is 2.61. The van der Waals surface area contributed by atoms with Crippen molar-refractivity contribution in [1.82, 2.24) is 0 Å². The summed E-state index contributed by atoms with van der Waals surface area (Å²) >= 11 is 0. The minimum Gasteiger partial charge on any atom is -0.466 e. The van der Waals surface area contributed by atoms with E-state index in [1.807, 2.05) is 30.3 Å². The Balaban J connectivity index is 2.08. The van der Waals surface area contributed by atoms with Crippen LogP contribution in [0, 0.1) is 0 Å². The maximum atomic E-state index is 13.2. The number of carbonyl (C=O) groups excluding carboxylic acids is 1. The van der Waals surface area contributed by atoms with E-state index in [-0.39, 0.29) is 0 Å². The summed E-state index contributed by atoms with van der Waals surface area (Å²) in [7, 11) is 0.790. The summed E-state index contributed by atoms with van der Waals surface area (Å²) in [5, 5.41) is 13.0. The number of nitrogens with one attached hydrogen (secondary N) is 1. The van der Waals surface area contributed by atoms with Crippen molar-refractivity contribution in [3.8, 4) is 0 Å². The lowest BCUT2D eigenvalue weighted by Gasteiger charge is -2.28. The molecule has 0 bridgehead atoms. The normalized spacial score (nSPS) is 13.8. The van der Waals surface area contributed by atoms with Crippen LogP contribution in [0.25, 0.3) is 0 Å². The molecule has 134 valence electrons. The molecule has 2 N–H and O–H groups in total. The molecule has 0 fully saturated rings. The number of aliphatic hydroxyl groups is 1. The maximum Gasteiger partial charge on any atom is 0.432 e. The zero-order valence-corrected chi connectivity index (χ0v) is 13.5. The number of benzene rings is 2. The minimum atomic E-state index is -5.19. The van der Waals surface area contributed by atoms with Gasteiger partial charge in [-0.25, -0.2) is 4.79 Å². The molecule has 2 aromatic carbocycles. The molecule has 0 aliphatic carbocycles. The zero-order valence-electron chi connectivity index (χ0n) is 13.5. The number of alkyl halides is 3. The highest BCUT2D eigenvalue weighted by molar-refractivity contribution is 5.82. The van der Waals surface area contributed by atoms with Gasteiger partial charge in [-0.1, -0.05) is 42.5 Å². The smallest absolute Gasteiger partial charge is 0.432 e. The van der Waals surface area contributed by atoms with Crippen LogP contribution in [0.2, 0.25) is 0 Å². The molecule has 0 aliphatic heterocycles. The Labute approximate surface area is 143 Å². The highest BCUT2D eigenvalue weighted by Gasteiger charge is 2.62. The molecule has 0 heterocycles. The van der Waals surface area contributed by atoms with Gasteiger partial charge in [0, 0.05) is 17.8 Å². The monoisotopic (exact) mass is 353 g/mol. The molecule has 0 saturated carbocycles. The second kappa shape index (κ2) is 7.57. The first kappa shape index (κ1) is 18.8. The van der Waals surface area contributed by atoms with Gasteiger partial charge in [0.05, 0.1) is 7.11 Å². The second-order valence-electron chi connectivity index (χ2n) is 5.44. The molecule has 1 atom stereocenters. The Bertz CT molecular complexity index is 702. The van der Waals surface area contributed by atoms with Crippen LogP contribution in [-0.4, -0.2) is 30.9 Å². The fourth-order valence-electron chi connectivity index (χ4n) is 2.37. The predicted molar refractivity (Wildman–Crippen MR) is 87.0 cm³/mol. The lowest BCUT2D eigenvalue weighted by molar-refractivity contribution is -0.266. The van der Waals surface area contributed by atoms with Crippen molar-refractivity contribution >= 4 is 11.7 Å². The van der Waals surface area contributed by atoms with E-state index >= 15 is 0 Å². The molecule has 0 amide bonds. The Morgan fingerprint density at radius 1 is 1.08 bits per heavy atom. The van der Waals surface area contributed by atoms with Crippen LogP contribution in [0.5, 0.6) is 0 Å². The quantitative estimate of drug-likeness (QED) is 0.783. The van der Waals surface area contributed by atoms with Crippen LogP contribution >= 0.6 is 0 Å². The fraction of sp³-hybridized carbons (Fsp3) is 0.278. The first-order valence-corrected chi connectivity index (χ1v) is 7.55. The first-order valence-electron chi connectivity index (χ1n) is 7.55. The maximum absolute atomic E-state index is 13.2. The van der Waals surface area contributed by atoms with E-state index in [9.17, 15) is 23.1 Å². The third kappa shape index (κ3) is 4.11. The van der Waals surface area contributed by atoms with Crippen LogP contribution in [0.4, 0.5) is 18.9 Å². The van der Waals surface area contributed by atoms with Crippen molar-refractivity contribution in [2.24, 2.45) is 0 Å². The molecule has 0 saturated heterocycles. The molecule has 0 spiro atoms. The van der Waals surface area contributed by atoms with Gasteiger partial charge in [0.15, 0.2) is 0 Å². The second-order valence-corrected chi connectivity index (χ2v) is 5.44. The van der Waals surface area contributed by atoms with Crippen molar-refractivity contribution < 1.29 is 27.8 Å². The zero-order chi connectivity index (χ0) is 18.5. The Hall–Kier alpha value is -2.54. The number of carbonyl (C=O) groups is 1. The number of methoxy groups -OCH3 is 1. The van der Waals surface area contributed by atoms with E-state index in [1.54, 1.807) is 0 Å². The molecule has 2 aromatic rings. The summed E-state index contributed by atoms with van der Waals surface area (Å²) in [6.07, 6.45) is -4.44. The topological polar surface area (TPSA) is 58.6 Å². The molecule has 25 heavy (non-hydrogen) atoms. The average molecular weight is 353 g/mol. The highest BCUT2D eigenvalue weighted by atomic mass is 19.4. The van der Waals surface area contributed by atoms with Crippen LogP contribution in [-0.2, 0) is 21.6 Å². The van der Waals surface area contributed by atoms with E-state index in [0.717, 1.165) is 31.2 Å². The van der Waals surface area contributed by atoms with Crippen molar-refractivity contribution in [3.63, 3.8) is 0 Å². The van der Waals surface area contributed by atoms with Gasteiger partial charge in [0.2, 0.25) is 0 Å². The molecule has 7 heteroatoms. The molecule has 1 unspecified atom stereocenters. The Morgan fingerprint density at radius 2 is 1.68 bits per heavy atom. The van der Waals surface area contributed by atoms with Gasteiger partial charge in [-0.05, 0) is 24.1 Å². The Morgan fingerprint density at radius 3 is 2.20 bits per heavy atom. The van der Waals surface area contributed by atoms with Gasteiger partial charge in [-0.15, -0.1) is 0 Å². The van der Waals surface area contributed by atoms with Crippen LogP contribution in [0.15, 0.2) is 54.6 Å². The van der Waals surface area contributed by atoms with E-state index in [1.165, 1.54) is 12.1 Å². The van der Waals surface area contributed by atoms with Gasteiger partial charge in [0.1, 0.15) is 0 Å². The van der Waals surface area contributed by atoms with Crippen molar-refractivity contribution in [2.75, 3.05) is 19.0 Å². The summed E-state index contributed by atoms with van der Waals surface area (Å²) in [6.45, 7) is 0.587. The minimum absolute atomic E-state index is 0.578. The van der Waals surface area contributed by atoms with Gasteiger partial charge in [0.25, 0.3) is 5.60 Å². The molecule has 0 radical (unpaired) electrons. The highest BCUT2D eigenvalue weighted by Crippen LogP contribution is 2.40. The Kier molecular flexibility index (Phi) is 5.69. The summed E-state index contributed by atoms with van der Waals surface area (Å²) in [6, 6.07) is 14.6. The predicted octanol–water partition coefficient (Wildman–Crippen LogP) is 3.26.